The zero-order chi connectivity index (χ0) is 21.4. The van der Waals surface area contributed by atoms with Crippen LogP contribution < -0.4 is 20.9 Å². The number of hydrazine groups is 1. The molecule has 2 rings (SSSR count). The van der Waals surface area contributed by atoms with Crippen LogP contribution in [0.15, 0.2) is 40.9 Å². The lowest BCUT2D eigenvalue weighted by atomic mass is 10.1. The molecular formula is C20H21BrClN3O4. The Morgan fingerprint density at radius 1 is 0.966 bits per heavy atom. The highest BCUT2D eigenvalue weighted by Gasteiger charge is 2.11. The molecule has 0 aliphatic carbocycles. The molecule has 0 aliphatic rings. The van der Waals surface area contributed by atoms with Crippen LogP contribution >= 0.6 is 27.5 Å². The van der Waals surface area contributed by atoms with E-state index in [9.17, 15) is 14.4 Å². The predicted molar refractivity (Wildman–Crippen MR) is 115 cm³/mol. The van der Waals surface area contributed by atoms with Crippen LogP contribution in [0.4, 0.5) is 5.69 Å². The highest BCUT2D eigenvalue weighted by molar-refractivity contribution is 9.10. The number of nitrogens with one attached hydrogen (secondary N) is 3. The van der Waals surface area contributed by atoms with Crippen molar-refractivity contribution in [1.82, 2.24) is 10.9 Å². The Labute approximate surface area is 182 Å². The van der Waals surface area contributed by atoms with E-state index in [0.717, 1.165) is 15.6 Å². The first-order chi connectivity index (χ1) is 13.8. The largest absolute Gasteiger partial charge is 0.483 e. The molecule has 3 N–H and O–H groups in total. The van der Waals surface area contributed by atoms with Gasteiger partial charge in [-0.05, 0) is 49.2 Å². The van der Waals surface area contributed by atoms with Gasteiger partial charge in [-0.3, -0.25) is 25.2 Å². The molecule has 0 aliphatic heterocycles. The summed E-state index contributed by atoms with van der Waals surface area (Å²) in [7, 11) is 0. The molecule has 7 nitrogen and oxygen atoms in total. The Morgan fingerprint density at radius 3 is 2.21 bits per heavy atom. The van der Waals surface area contributed by atoms with Crippen molar-refractivity contribution in [3.63, 3.8) is 0 Å². The van der Waals surface area contributed by atoms with E-state index in [2.05, 4.69) is 32.1 Å². The first-order valence-electron chi connectivity index (χ1n) is 8.78. The summed E-state index contributed by atoms with van der Waals surface area (Å²) in [5.41, 5.74) is 6.77. The van der Waals surface area contributed by atoms with Crippen LogP contribution in [0.5, 0.6) is 5.75 Å². The summed E-state index contributed by atoms with van der Waals surface area (Å²) in [5.74, 6) is -0.751. The van der Waals surface area contributed by atoms with Crippen LogP contribution in [0.25, 0.3) is 0 Å². The Hall–Kier alpha value is -2.58. The van der Waals surface area contributed by atoms with Crippen molar-refractivity contribution in [3.05, 3.63) is 57.0 Å². The molecule has 2 aromatic carbocycles. The topological polar surface area (TPSA) is 96.5 Å². The molecule has 29 heavy (non-hydrogen) atoms. The number of carbonyl (C=O) groups excluding carboxylic acids is 3. The summed E-state index contributed by atoms with van der Waals surface area (Å²) in [4.78, 5) is 35.6. The molecule has 0 fully saturated rings. The monoisotopic (exact) mass is 481 g/mol. The van der Waals surface area contributed by atoms with Gasteiger partial charge in [-0.25, -0.2) is 0 Å². The van der Waals surface area contributed by atoms with E-state index in [1.165, 1.54) is 0 Å². The van der Waals surface area contributed by atoms with Gasteiger partial charge in [0.05, 0.1) is 10.7 Å². The smallest absolute Gasteiger partial charge is 0.276 e. The lowest BCUT2D eigenvalue weighted by molar-refractivity contribution is -0.130. The van der Waals surface area contributed by atoms with Crippen molar-refractivity contribution in [1.29, 1.82) is 0 Å². The third-order valence-electron chi connectivity index (χ3n) is 3.84. The molecule has 154 valence electrons. The number of rotatable bonds is 7. The molecule has 3 amide bonds. The molecule has 0 atom stereocenters. The second-order valence-electron chi connectivity index (χ2n) is 6.28. The lowest BCUT2D eigenvalue weighted by Crippen LogP contribution is -2.44. The number of amides is 3. The van der Waals surface area contributed by atoms with Gasteiger partial charge in [-0.1, -0.05) is 39.7 Å². The number of hydrogen-bond acceptors (Lipinski definition) is 4. The Kier molecular flexibility index (Phi) is 8.48. The second kappa shape index (κ2) is 10.8. The van der Waals surface area contributed by atoms with Crippen LogP contribution in [0.3, 0.4) is 0 Å². The average molecular weight is 483 g/mol. The van der Waals surface area contributed by atoms with E-state index in [0.29, 0.717) is 16.5 Å². The van der Waals surface area contributed by atoms with Crippen LogP contribution in [-0.4, -0.2) is 24.3 Å². The van der Waals surface area contributed by atoms with Crippen LogP contribution in [0.1, 0.15) is 24.0 Å². The average Bonchev–Trinajstić information content (AvgIpc) is 2.65. The molecule has 0 bridgehead atoms. The van der Waals surface area contributed by atoms with Gasteiger partial charge in [0.15, 0.2) is 6.61 Å². The summed E-state index contributed by atoms with van der Waals surface area (Å²) >= 11 is 9.36. The second-order valence-corrected chi connectivity index (χ2v) is 7.60. The standard InChI is InChI=1S/C20H21BrClN3O4/c1-12-9-14(21)10-13(2)20(12)29-11-19(28)25-24-18(27)8-7-17(26)23-16-6-4-3-5-15(16)22/h3-6,9-10H,7-8,11H2,1-2H3,(H,23,26)(H,24,27)(H,25,28). The van der Waals surface area contributed by atoms with Crippen molar-refractivity contribution in [2.24, 2.45) is 0 Å². The first-order valence-corrected chi connectivity index (χ1v) is 9.95. The fourth-order valence-corrected chi connectivity index (χ4v) is 3.37. The van der Waals surface area contributed by atoms with Crippen LogP contribution in [0.2, 0.25) is 5.02 Å². The van der Waals surface area contributed by atoms with E-state index in [1.54, 1.807) is 24.3 Å². The highest BCUT2D eigenvalue weighted by atomic mass is 79.9. The fraction of sp³-hybridized carbons (Fsp3) is 0.250. The van der Waals surface area contributed by atoms with Crippen molar-refractivity contribution in [3.8, 4) is 5.75 Å². The Bertz CT molecular complexity index is 897. The molecule has 0 saturated heterocycles. The molecule has 0 saturated carbocycles. The Balaban J connectivity index is 1.70. The number of para-hydroxylation sites is 1. The number of hydrogen-bond donors (Lipinski definition) is 3. The number of carbonyl (C=O) groups is 3. The van der Waals surface area contributed by atoms with Gasteiger partial charge in [0, 0.05) is 17.3 Å². The number of aryl methyl sites for hydroxylation is 2. The van der Waals surface area contributed by atoms with Gasteiger partial charge in [-0.15, -0.1) is 0 Å². The van der Waals surface area contributed by atoms with E-state index in [-0.39, 0.29) is 25.4 Å². The van der Waals surface area contributed by atoms with Crippen LogP contribution in [-0.2, 0) is 14.4 Å². The molecule has 0 aromatic heterocycles. The maximum atomic E-state index is 11.9. The molecule has 0 unspecified atom stereocenters. The van der Waals surface area contributed by atoms with Crippen molar-refractivity contribution >= 4 is 50.9 Å². The summed E-state index contributed by atoms with van der Waals surface area (Å²) in [6.45, 7) is 3.50. The molecule has 0 radical (unpaired) electrons. The molecular weight excluding hydrogens is 462 g/mol. The minimum atomic E-state index is -0.513. The minimum Gasteiger partial charge on any atom is -0.483 e. The summed E-state index contributed by atoms with van der Waals surface area (Å²) in [5, 5.41) is 3.03. The maximum absolute atomic E-state index is 11.9. The summed E-state index contributed by atoms with van der Waals surface area (Å²) in [6.07, 6.45) is -0.150. The maximum Gasteiger partial charge on any atom is 0.276 e. The zero-order valence-corrected chi connectivity index (χ0v) is 18.3. The highest BCUT2D eigenvalue weighted by Crippen LogP contribution is 2.27. The van der Waals surface area contributed by atoms with Crippen molar-refractivity contribution in [2.45, 2.75) is 26.7 Å². The normalized spacial score (nSPS) is 10.2. The number of benzene rings is 2. The molecule has 2 aromatic rings. The van der Waals surface area contributed by atoms with Gasteiger partial charge in [-0.2, -0.15) is 0 Å². The summed E-state index contributed by atoms with van der Waals surface area (Å²) in [6, 6.07) is 10.6. The van der Waals surface area contributed by atoms with Crippen molar-refractivity contribution in [2.75, 3.05) is 11.9 Å². The van der Waals surface area contributed by atoms with Gasteiger partial charge < -0.3 is 10.1 Å². The SMILES string of the molecule is Cc1cc(Br)cc(C)c1OCC(=O)NNC(=O)CCC(=O)Nc1ccccc1Cl. The third kappa shape index (κ3) is 7.40. The van der Waals surface area contributed by atoms with E-state index >= 15 is 0 Å². The predicted octanol–water partition coefficient (Wildman–Crippen LogP) is 3.66. The van der Waals surface area contributed by atoms with Crippen molar-refractivity contribution < 1.29 is 19.1 Å². The number of ether oxygens (including phenoxy) is 1. The van der Waals surface area contributed by atoms with Gasteiger partial charge >= 0.3 is 0 Å². The fourth-order valence-electron chi connectivity index (χ4n) is 2.50. The lowest BCUT2D eigenvalue weighted by Gasteiger charge is -2.13. The molecule has 0 spiro atoms. The van der Waals surface area contributed by atoms with E-state index in [4.69, 9.17) is 16.3 Å². The molecule has 9 heteroatoms. The first kappa shape index (κ1) is 22.7. The number of anilines is 1. The minimum absolute atomic E-state index is 0.0549. The Morgan fingerprint density at radius 2 is 1.55 bits per heavy atom. The van der Waals surface area contributed by atoms with E-state index in [1.807, 2.05) is 26.0 Å². The van der Waals surface area contributed by atoms with Gasteiger partial charge in [0.1, 0.15) is 5.75 Å². The van der Waals surface area contributed by atoms with E-state index < -0.39 is 11.8 Å². The van der Waals surface area contributed by atoms with Gasteiger partial charge in [0.25, 0.3) is 5.91 Å². The molecule has 0 heterocycles. The zero-order valence-electron chi connectivity index (χ0n) is 16.0. The third-order valence-corrected chi connectivity index (χ3v) is 4.63. The van der Waals surface area contributed by atoms with Gasteiger partial charge in [0.2, 0.25) is 11.8 Å². The number of halogens is 2. The quantitative estimate of drug-likeness (QED) is 0.525. The van der Waals surface area contributed by atoms with Crippen LogP contribution in [0, 0.1) is 13.8 Å². The summed E-state index contributed by atoms with van der Waals surface area (Å²) < 4.78 is 6.46.